The first-order chi connectivity index (χ1) is 11.7. The van der Waals surface area contributed by atoms with Gasteiger partial charge in [-0.3, -0.25) is 0 Å². The van der Waals surface area contributed by atoms with Gasteiger partial charge < -0.3 is 5.32 Å². The predicted molar refractivity (Wildman–Crippen MR) is 88.2 cm³/mol. The molecule has 24 heavy (non-hydrogen) atoms. The van der Waals surface area contributed by atoms with Crippen LogP contribution in [0.2, 0.25) is 0 Å². The maximum atomic E-state index is 13.9. The molecule has 122 valence electrons. The molecule has 2 atom stereocenters. The number of aromatic nitrogens is 4. The van der Waals surface area contributed by atoms with Crippen LogP contribution in [0.5, 0.6) is 0 Å². The third-order valence-corrected chi connectivity index (χ3v) is 4.67. The minimum absolute atomic E-state index is 0.0877. The first kappa shape index (κ1) is 15.0. The van der Waals surface area contributed by atoms with Gasteiger partial charge >= 0.3 is 0 Å². The lowest BCUT2D eigenvalue weighted by Crippen LogP contribution is -2.23. The van der Waals surface area contributed by atoms with E-state index >= 15 is 0 Å². The molecule has 3 aromatic rings. The molecule has 1 heterocycles. The summed E-state index contributed by atoms with van der Waals surface area (Å²) in [5, 5.41) is 14.8. The summed E-state index contributed by atoms with van der Waals surface area (Å²) in [6.07, 6.45) is 3.30. The van der Waals surface area contributed by atoms with E-state index in [1.807, 2.05) is 18.2 Å². The van der Waals surface area contributed by atoms with Crippen LogP contribution in [0, 0.1) is 5.82 Å². The van der Waals surface area contributed by atoms with Crippen molar-refractivity contribution in [1.29, 1.82) is 0 Å². The van der Waals surface area contributed by atoms with E-state index in [9.17, 15) is 4.39 Å². The van der Waals surface area contributed by atoms with E-state index in [2.05, 4.69) is 39.9 Å². The van der Waals surface area contributed by atoms with Gasteiger partial charge in [-0.25, -0.2) is 9.07 Å². The van der Waals surface area contributed by atoms with E-state index in [0.717, 1.165) is 29.7 Å². The standard InChI is InChI=1S/C18H18FN5/c1-12(13-5-7-14(8-6-13)24-11-20-22-23-24)21-18-10-9-15-16(18)3-2-4-17(15)19/h2-8,11-12,18,21H,9-10H2,1H3/t12-,18-/m0/s1. The van der Waals surface area contributed by atoms with Crippen LogP contribution in [0.25, 0.3) is 5.69 Å². The lowest BCUT2D eigenvalue weighted by molar-refractivity contribution is 0.465. The van der Waals surface area contributed by atoms with Gasteiger partial charge in [-0.05, 0) is 65.1 Å². The van der Waals surface area contributed by atoms with E-state index in [-0.39, 0.29) is 17.9 Å². The van der Waals surface area contributed by atoms with Gasteiger partial charge in [0.25, 0.3) is 0 Å². The maximum absolute atomic E-state index is 13.9. The van der Waals surface area contributed by atoms with E-state index in [1.54, 1.807) is 23.1 Å². The molecule has 0 saturated heterocycles. The quantitative estimate of drug-likeness (QED) is 0.801. The number of benzene rings is 2. The summed E-state index contributed by atoms with van der Waals surface area (Å²) >= 11 is 0. The zero-order valence-electron chi connectivity index (χ0n) is 13.4. The van der Waals surface area contributed by atoms with Gasteiger partial charge in [0, 0.05) is 12.1 Å². The Labute approximate surface area is 139 Å². The molecule has 1 N–H and O–H groups in total. The van der Waals surface area contributed by atoms with Crippen molar-refractivity contribution in [1.82, 2.24) is 25.5 Å². The minimum atomic E-state index is -0.0877. The Morgan fingerprint density at radius 1 is 1.21 bits per heavy atom. The Morgan fingerprint density at radius 2 is 2.04 bits per heavy atom. The first-order valence-electron chi connectivity index (χ1n) is 8.09. The Bertz CT molecular complexity index is 829. The van der Waals surface area contributed by atoms with Gasteiger partial charge in [0.15, 0.2) is 0 Å². The molecule has 1 aromatic heterocycles. The monoisotopic (exact) mass is 323 g/mol. The van der Waals surface area contributed by atoms with E-state index in [1.165, 1.54) is 5.56 Å². The van der Waals surface area contributed by atoms with Crippen molar-refractivity contribution < 1.29 is 4.39 Å². The average molecular weight is 323 g/mol. The van der Waals surface area contributed by atoms with Crippen LogP contribution in [0.1, 0.15) is 42.1 Å². The molecule has 1 aliphatic rings. The average Bonchev–Trinajstić information content (AvgIpc) is 3.26. The molecule has 0 saturated carbocycles. The van der Waals surface area contributed by atoms with Crippen LogP contribution in [0.3, 0.4) is 0 Å². The molecule has 0 aliphatic heterocycles. The summed E-state index contributed by atoms with van der Waals surface area (Å²) in [5.74, 6) is -0.0877. The Kier molecular flexibility index (Phi) is 3.82. The fourth-order valence-corrected chi connectivity index (χ4v) is 3.38. The number of hydrogen-bond donors (Lipinski definition) is 1. The van der Waals surface area contributed by atoms with Crippen molar-refractivity contribution in [3.05, 3.63) is 71.3 Å². The van der Waals surface area contributed by atoms with Gasteiger partial charge in [-0.1, -0.05) is 24.3 Å². The minimum Gasteiger partial charge on any atom is -0.303 e. The number of nitrogens with zero attached hydrogens (tertiary/aromatic N) is 4. The SMILES string of the molecule is C[C@H](N[C@H]1CCc2c(F)cccc21)c1ccc(-n2cnnn2)cc1. The normalized spacial score (nSPS) is 17.7. The van der Waals surface area contributed by atoms with E-state index in [4.69, 9.17) is 0 Å². The molecule has 0 spiro atoms. The number of nitrogens with one attached hydrogen (secondary N) is 1. The second-order valence-corrected chi connectivity index (χ2v) is 6.13. The van der Waals surface area contributed by atoms with Crippen molar-refractivity contribution in [2.24, 2.45) is 0 Å². The van der Waals surface area contributed by atoms with Crippen LogP contribution < -0.4 is 5.32 Å². The van der Waals surface area contributed by atoms with Crippen LogP contribution in [-0.4, -0.2) is 20.2 Å². The lowest BCUT2D eigenvalue weighted by atomic mass is 10.0. The van der Waals surface area contributed by atoms with Gasteiger partial charge in [0.2, 0.25) is 0 Å². The molecule has 4 rings (SSSR count). The second kappa shape index (κ2) is 6.13. The summed E-state index contributed by atoms with van der Waals surface area (Å²) in [4.78, 5) is 0. The summed E-state index contributed by atoms with van der Waals surface area (Å²) in [7, 11) is 0. The third-order valence-electron chi connectivity index (χ3n) is 4.67. The highest BCUT2D eigenvalue weighted by atomic mass is 19.1. The van der Waals surface area contributed by atoms with Crippen LogP contribution >= 0.6 is 0 Å². The van der Waals surface area contributed by atoms with Gasteiger partial charge in [-0.2, -0.15) is 0 Å². The van der Waals surface area contributed by atoms with E-state index in [0.29, 0.717) is 0 Å². The highest BCUT2D eigenvalue weighted by Gasteiger charge is 2.25. The van der Waals surface area contributed by atoms with Gasteiger partial charge in [0.1, 0.15) is 12.1 Å². The van der Waals surface area contributed by atoms with Crippen molar-refractivity contribution in [3.63, 3.8) is 0 Å². The van der Waals surface area contributed by atoms with Crippen molar-refractivity contribution in [2.45, 2.75) is 31.8 Å². The molecule has 0 amide bonds. The number of fused-ring (bicyclic) bond motifs is 1. The van der Waals surface area contributed by atoms with E-state index < -0.39 is 0 Å². The highest BCUT2D eigenvalue weighted by molar-refractivity contribution is 5.37. The smallest absolute Gasteiger partial charge is 0.143 e. The Hall–Kier alpha value is -2.60. The first-order valence-corrected chi connectivity index (χ1v) is 8.09. The molecule has 6 heteroatoms. The van der Waals surface area contributed by atoms with Crippen LogP contribution in [0.4, 0.5) is 4.39 Å². The molecule has 0 radical (unpaired) electrons. The number of tetrazole rings is 1. The molecule has 0 unspecified atom stereocenters. The van der Waals surface area contributed by atoms with Gasteiger partial charge in [-0.15, -0.1) is 5.10 Å². The van der Waals surface area contributed by atoms with Crippen molar-refractivity contribution in [3.8, 4) is 5.69 Å². The number of hydrogen-bond acceptors (Lipinski definition) is 4. The summed E-state index contributed by atoms with van der Waals surface area (Å²) < 4.78 is 15.5. The Morgan fingerprint density at radius 3 is 2.79 bits per heavy atom. The largest absolute Gasteiger partial charge is 0.303 e. The summed E-state index contributed by atoms with van der Waals surface area (Å²) in [6, 6.07) is 13.8. The Balaban J connectivity index is 1.49. The summed E-state index contributed by atoms with van der Waals surface area (Å²) in [6.45, 7) is 2.13. The number of halogens is 1. The molecule has 1 aliphatic carbocycles. The molecule has 0 bridgehead atoms. The van der Waals surface area contributed by atoms with Crippen molar-refractivity contribution in [2.75, 3.05) is 0 Å². The highest BCUT2D eigenvalue weighted by Crippen LogP contribution is 2.34. The van der Waals surface area contributed by atoms with Gasteiger partial charge in [0.05, 0.1) is 5.69 Å². The fourth-order valence-electron chi connectivity index (χ4n) is 3.38. The molecular formula is C18H18FN5. The topological polar surface area (TPSA) is 55.6 Å². The second-order valence-electron chi connectivity index (χ2n) is 6.13. The third kappa shape index (κ3) is 2.69. The maximum Gasteiger partial charge on any atom is 0.143 e. The van der Waals surface area contributed by atoms with Crippen LogP contribution in [-0.2, 0) is 6.42 Å². The summed E-state index contributed by atoms with van der Waals surface area (Å²) in [5.41, 5.74) is 4.05. The van der Waals surface area contributed by atoms with Crippen molar-refractivity contribution >= 4 is 0 Å². The zero-order valence-corrected chi connectivity index (χ0v) is 13.4. The van der Waals surface area contributed by atoms with Crippen LogP contribution in [0.15, 0.2) is 48.8 Å². The molecule has 0 fully saturated rings. The predicted octanol–water partition coefficient (Wildman–Crippen LogP) is 3.14. The molecule has 5 nitrogen and oxygen atoms in total. The lowest BCUT2D eigenvalue weighted by Gasteiger charge is -2.21. The zero-order chi connectivity index (χ0) is 16.5. The fraction of sp³-hybridized carbons (Fsp3) is 0.278. The molecular weight excluding hydrogens is 305 g/mol. The molecule has 2 aromatic carbocycles. The number of rotatable bonds is 4.